The number of nitrogens with one attached hydrogen (secondary N) is 1. The van der Waals surface area contributed by atoms with E-state index in [-0.39, 0.29) is 0 Å². The Hall–Kier alpha value is -0.860. The Morgan fingerprint density at radius 1 is 1.18 bits per heavy atom. The maximum absolute atomic E-state index is 11.0. The van der Waals surface area contributed by atoms with Gasteiger partial charge in [0.1, 0.15) is 0 Å². The molecule has 0 saturated carbocycles. The molecule has 2 fully saturated rings. The zero-order valence-electron chi connectivity index (χ0n) is 10.7. The third-order valence-corrected chi connectivity index (χ3v) is 4.61. The van der Waals surface area contributed by atoms with Crippen LogP contribution in [0.4, 0.5) is 0 Å². The number of piperidine rings is 1. The second kappa shape index (κ2) is 3.82. The fourth-order valence-corrected chi connectivity index (χ4v) is 3.60. The summed E-state index contributed by atoms with van der Waals surface area (Å²) in [7, 11) is 0. The number of rotatable bonds is 1. The summed E-state index contributed by atoms with van der Waals surface area (Å²) in [5.74, 6) is 0. The fraction of sp³-hybridized carbons (Fsp3) is 0.600. The van der Waals surface area contributed by atoms with Gasteiger partial charge in [-0.2, -0.15) is 0 Å². The van der Waals surface area contributed by atoms with Crippen LogP contribution in [-0.2, 0) is 5.60 Å². The van der Waals surface area contributed by atoms with Gasteiger partial charge in [-0.05, 0) is 56.2 Å². The molecule has 1 aromatic rings. The van der Waals surface area contributed by atoms with E-state index in [2.05, 4.69) is 37.4 Å². The monoisotopic (exact) mass is 231 g/mol. The molecule has 0 radical (unpaired) electrons. The van der Waals surface area contributed by atoms with Gasteiger partial charge < -0.3 is 10.4 Å². The molecule has 0 aliphatic carbocycles. The molecular formula is C15H21NO. The lowest BCUT2D eigenvalue weighted by molar-refractivity contribution is -0.0120. The highest BCUT2D eigenvalue weighted by atomic mass is 16.3. The average molecular weight is 231 g/mol. The lowest BCUT2D eigenvalue weighted by Crippen LogP contribution is -2.47. The molecule has 3 rings (SSSR count). The van der Waals surface area contributed by atoms with E-state index in [9.17, 15) is 5.11 Å². The molecule has 1 aromatic carbocycles. The molecule has 2 atom stereocenters. The summed E-state index contributed by atoms with van der Waals surface area (Å²) in [6, 6.07) is 7.32. The molecule has 2 nitrogen and oxygen atoms in total. The maximum atomic E-state index is 11.0. The van der Waals surface area contributed by atoms with Crippen LogP contribution in [0.1, 0.15) is 42.4 Å². The van der Waals surface area contributed by atoms with Gasteiger partial charge in [0.05, 0.1) is 5.60 Å². The number of aliphatic hydroxyl groups is 1. The fourth-order valence-electron chi connectivity index (χ4n) is 3.60. The summed E-state index contributed by atoms with van der Waals surface area (Å²) in [6.45, 7) is 4.25. The molecule has 2 unspecified atom stereocenters. The lowest BCUT2D eigenvalue weighted by Gasteiger charge is -2.38. The molecule has 0 amide bonds. The van der Waals surface area contributed by atoms with Gasteiger partial charge in [0.25, 0.3) is 0 Å². The molecule has 0 aromatic heterocycles. The Balaban J connectivity index is 2.00. The summed E-state index contributed by atoms with van der Waals surface area (Å²) < 4.78 is 0. The van der Waals surface area contributed by atoms with Gasteiger partial charge in [-0.3, -0.25) is 0 Å². The van der Waals surface area contributed by atoms with Gasteiger partial charge in [-0.25, -0.2) is 0 Å². The van der Waals surface area contributed by atoms with Gasteiger partial charge in [0, 0.05) is 12.1 Å². The molecule has 2 saturated heterocycles. The lowest BCUT2D eigenvalue weighted by atomic mass is 9.79. The second-order valence-corrected chi connectivity index (χ2v) is 5.83. The Labute approximate surface area is 103 Å². The highest BCUT2D eigenvalue weighted by Crippen LogP contribution is 2.42. The first-order chi connectivity index (χ1) is 8.08. The quantitative estimate of drug-likeness (QED) is 0.778. The molecule has 2 bridgehead atoms. The Morgan fingerprint density at radius 3 is 2.47 bits per heavy atom. The summed E-state index contributed by atoms with van der Waals surface area (Å²) in [5.41, 5.74) is 3.08. The van der Waals surface area contributed by atoms with Crippen molar-refractivity contribution in [3.05, 3.63) is 34.9 Å². The SMILES string of the molecule is Cc1cccc(C2(O)CC3CCC(C2)N3)c1C. The standard InChI is InChI=1S/C15H21NO/c1-10-4-3-5-14(11(10)2)15(17)8-12-6-7-13(9-15)16-12/h3-5,12-13,16-17H,6-9H2,1-2H3. The largest absolute Gasteiger partial charge is 0.385 e. The predicted octanol–water partition coefficient (Wildman–Crippen LogP) is 2.41. The van der Waals surface area contributed by atoms with E-state index in [1.807, 2.05) is 0 Å². The first kappa shape index (κ1) is 11.2. The zero-order valence-corrected chi connectivity index (χ0v) is 10.7. The topological polar surface area (TPSA) is 32.3 Å². The van der Waals surface area contributed by atoms with Crippen molar-refractivity contribution in [1.82, 2.24) is 5.32 Å². The molecule has 2 N–H and O–H groups in total. The van der Waals surface area contributed by atoms with E-state index in [1.165, 1.54) is 24.0 Å². The van der Waals surface area contributed by atoms with Crippen molar-refractivity contribution in [2.24, 2.45) is 0 Å². The van der Waals surface area contributed by atoms with Crippen molar-refractivity contribution in [2.75, 3.05) is 0 Å². The van der Waals surface area contributed by atoms with Crippen molar-refractivity contribution in [1.29, 1.82) is 0 Å². The van der Waals surface area contributed by atoms with Crippen molar-refractivity contribution >= 4 is 0 Å². The molecule has 2 heteroatoms. The minimum absolute atomic E-state index is 0.513. The van der Waals surface area contributed by atoms with E-state index >= 15 is 0 Å². The van der Waals surface area contributed by atoms with Crippen LogP contribution in [0, 0.1) is 13.8 Å². The van der Waals surface area contributed by atoms with Crippen molar-refractivity contribution < 1.29 is 5.11 Å². The van der Waals surface area contributed by atoms with Crippen LogP contribution < -0.4 is 5.32 Å². The van der Waals surface area contributed by atoms with Gasteiger partial charge in [-0.1, -0.05) is 18.2 Å². The number of aryl methyl sites for hydroxylation is 1. The third-order valence-electron chi connectivity index (χ3n) is 4.61. The highest BCUT2D eigenvalue weighted by Gasteiger charge is 2.43. The molecule has 0 spiro atoms. The molecular weight excluding hydrogens is 210 g/mol. The molecule has 2 aliphatic heterocycles. The first-order valence-electron chi connectivity index (χ1n) is 6.64. The van der Waals surface area contributed by atoms with Crippen LogP contribution in [0.25, 0.3) is 0 Å². The number of hydrogen-bond acceptors (Lipinski definition) is 2. The van der Waals surface area contributed by atoms with Gasteiger partial charge in [-0.15, -0.1) is 0 Å². The van der Waals surface area contributed by atoms with Crippen LogP contribution in [0.15, 0.2) is 18.2 Å². The summed E-state index contributed by atoms with van der Waals surface area (Å²) in [5, 5.41) is 14.6. The van der Waals surface area contributed by atoms with Crippen LogP contribution in [0.2, 0.25) is 0 Å². The van der Waals surface area contributed by atoms with E-state index in [0.29, 0.717) is 12.1 Å². The van der Waals surface area contributed by atoms with Crippen molar-refractivity contribution in [2.45, 2.75) is 57.2 Å². The average Bonchev–Trinajstić information content (AvgIpc) is 2.62. The highest BCUT2D eigenvalue weighted by molar-refractivity contribution is 5.38. The number of benzene rings is 1. The summed E-state index contributed by atoms with van der Waals surface area (Å²) in [6.07, 6.45) is 4.18. The van der Waals surface area contributed by atoms with Gasteiger partial charge in [0.2, 0.25) is 0 Å². The zero-order chi connectivity index (χ0) is 12.0. The second-order valence-electron chi connectivity index (χ2n) is 5.83. The van der Waals surface area contributed by atoms with Crippen LogP contribution >= 0.6 is 0 Å². The van der Waals surface area contributed by atoms with E-state index in [4.69, 9.17) is 0 Å². The van der Waals surface area contributed by atoms with Crippen molar-refractivity contribution in [3.8, 4) is 0 Å². The third kappa shape index (κ3) is 1.80. The van der Waals surface area contributed by atoms with E-state index in [0.717, 1.165) is 18.4 Å². The first-order valence-corrected chi connectivity index (χ1v) is 6.64. The van der Waals surface area contributed by atoms with Crippen LogP contribution in [-0.4, -0.2) is 17.2 Å². The van der Waals surface area contributed by atoms with Gasteiger partial charge >= 0.3 is 0 Å². The number of fused-ring (bicyclic) bond motifs is 2. The summed E-state index contributed by atoms with van der Waals surface area (Å²) >= 11 is 0. The van der Waals surface area contributed by atoms with Crippen LogP contribution in [0.5, 0.6) is 0 Å². The number of hydrogen-bond donors (Lipinski definition) is 2. The van der Waals surface area contributed by atoms with Crippen LogP contribution in [0.3, 0.4) is 0 Å². The Kier molecular flexibility index (Phi) is 2.53. The maximum Gasteiger partial charge on any atom is 0.0928 e. The Bertz CT molecular complexity index is 429. The summed E-state index contributed by atoms with van der Waals surface area (Å²) in [4.78, 5) is 0. The predicted molar refractivity (Wildman–Crippen MR) is 69.0 cm³/mol. The smallest absolute Gasteiger partial charge is 0.0928 e. The van der Waals surface area contributed by atoms with Gasteiger partial charge in [0.15, 0.2) is 0 Å². The van der Waals surface area contributed by atoms with Crippen molar-refractivity contribution in [3.63, 3.8) is 0 Å². The molecule has 92 valence electrons. The molecule has 2 aliphatic rings. The van der Waals surface area contributed by atoms with E-state index < -0.39 is 5.60 Å². The van der Waals surface area contributed by atoms with E-state index in [1.54, 1.807) is 0 Å². The Morgan fingerprint density at radius 2 is 1.82 bits per heavy atom. The normalized spacial score (nSPS) is 36.2. The molecule has 17 heavy (non-hydrogen) atoms. The minimum atomic E-state index is -0.604. The molecule has 2 heterocycles. The minimum Gasteiger partial charge on any atom is -0.385 e.